The molecule has 4 aliphatic rings. The Labute approximate surface area is 387 Å². The summed E-state index contributed by atoms with van der Waals surface area (Å²) in [5.74, 6) is -2.86. The van der Waals surface area contributed by atoms with Gasteiger partial charge in [-0.3, -0.25) is 14.4 Å². The Morgan fingerprint density at radius 3 is 1.45 bits per heavy atom. The molecule has 67 heavy (non-hydrogen) atoms. The number of carbonyl (C=O) groups excluding carboxylic acids is 1. The number of fused-ring (bicyclic) bond motifs is 2. The molecule has 3 saturated carbocycles. The Bertz CT molecular complexity index is 2770. The van der Waals surface area contributed by atoms with Crippen LogP contribution in [0.1, 0.15) is 133 Å². The quantitative estimate of drug-likeness (QED) is 0.0917. The summed E-state index contributed by atoms with van der Waals surface area (Å²) >= 11 is 0. The Balaban J connectivity index is 0.000000153. The van der Waals surface area contributed by atoms with E-state index in [4.69, 9.17) is 14.6 Å². The number of piperidine rings is 1. The minimum Gasteiger partial charge on any atom is -0.478 e. The van der Waals surface area contributed by atoms with Gasteiger partial charge in [-0.2, -0.15) is 10.2 Å². The molecule has 10 rings (SSSR count). The number of ketones is 1. The van der Waals surface area contributed by atoms with Gasteiger partial charge in [-0.1, -0.05) is 74.2 Å². The molecular weight excluding hydrogens is 857 g/mol. The number of nitrogens with zero attached hydrogens (tertiary/aromatic N) is 2. The van der Waals surface area contributed by atoms with E-state index in [1.54, 1.807) is 42.5 Å². The van der Waals surface area contributed by atoms with E-state index in [2.05, 4.69) is 25.7 Å². The molecule has 0 unspecified atom stereocenters. The molecule has 4 fully saturated rings. The van der Waals surface area contributed by atoms with E-state index < -0.39 is 17.6 Å². The van der Waals surface area contributed by atoms with Gasteiger partial charge in [0.25, 0.3) is 11.1 Å². The van der Waals surface area contributed by atoms with E-state index in [1.165, 1.54) is 69.6 Å². The lowest BCUT2D eigenvalue weighted by Gasteiger charge is -2.30. The van der Waals surface area contributed by atoms with Crippen molar-refractivity contribution in [3.63, 3.8) is 0 Å². The van der Waals surface area contributed by atoms with Gasteiger partial charge in [-0.05, 0) is 125 Å². The minimum atomic E-state index is -1.32. The summed E-state index contributed by atoms with van der Waals surface area (Å²) in [5, 5.41) is 28.0. The number of carbonyl (C=O) groups is 2. The maximum absolute atomic E-state index is 14.7. The topological polar surface area (TPSA) is 176 Å². The summed E-state index contributed by atoms with van der Waals surface area (Å²) in [5.41, 5.74) is 1.93. The summed E-state index contributed by atoms with van der Waals surface area (Å²) in [6, 6.07) is 22.9. The van der Waals surface area contributed by atoms with Gasteiger partial charge in [0, 0.05) is 29.5 Å². The average Bonchev–Trinajstić information content (AvgIpc) is 4.08. The lowest BCUT2D eigenvalue weighted by molar-refractivity contribution is -0.0310. The predicted molar refractivity (Wildman–Crippen MR) is 253 cm³/mol. The number of Topliss-reactive ketones (excluding diaryl/α,β-unsaturated/α-hetero) is 1. The van der Waals surface area contributed by atoms with Gasteiger partial charge in [0.1, 0.15) is 11.6 Å². The predicted octanol–water partition coefficient (Wildman–Crippen LogP) is 9.40. The third-order valence-corrected chi connectivity index (χ3v) is 13.6. The van der Waals surface area contributed by atoms with E-state index >= 15 is 0 Å². The number of rotatable bonds is 11. The first-order chi connectivity index (χ1) is 32.6. The molecule has 3 heterocycles. The molecule has 4 aromatic carbocycles. The van der Waals surface area contributed by atoms with Crippen molar-refractivity contribution < 1.29 is 33.0 Å². The first kappa shape index (κ1) is 47.5. The largest absolute Gasteiger partial charge is 0.478 e. The van der Waals surface area contributed by atoms with Crippen LogP contribution in [0.25, 0.3) is 21.5 Å². The van der Waals surface area contributed by atoms with Crippen molar-refractivity contribution in [1.82, 2.24) is 25.7 Å². The van der Waals surface area contributed by atoms with E-state index in [9.17, 15) is 28.0 Å². The number of carboxylic acid groups (broad SMARTS) is 1. The summed E-state index contributed by atoms with van der Waals surface area (Å²) in [4.78, 5) is 47.9. The highest BCUT2D eigenvalue weighted by atomic mass is 19.1. The van der Waals surface area contributed by atoms with Gasteiger partial charge in [0.15, 0.2) is 5.78 Å². The fourth-order valence-corrected chi connectivity index (χ4v) is 9.92. The first-order valence-electron chi connectivity index (χ1n) is 23.9. The van der Waals surface area contributed by atoms with Crippen LogP contribution < -0.4 is 16.4 Å². The van der Waals surface area contributed by atoms with Crippen LogP contribution in [-0.4, -0.2) is 74.8 Å². The van der Waals surface area contributed by atoms with Gasteiger partial charge in [0.2, 0.25) is 0 Å². The third-order valence-electron chi connectivity index (χ3n) is 13.6. The van der Waals surface area contributed by atoms with Crippen LogP contribution in [-0.2, 0) is 22.3 Å². The molecule has 2 aromatic heterocycles. The van der Waals surface area contributed by atoms with Gasteiger partial charge in [0.05, 0.1) is 57.7 Å². The molecular formula is C53H59F2N5O7. The van der Waals surface area contributed by atoms with Crippen LogP contribution in [0.2, 0.25) is 0 Å². The lowest BCUT2D eigenvalue weighted by Crippen LogP contribution is -2.34. The molecule has 6 aromatic rings. The monoisotopic (exact) mass is 915 g/mol. The van der Waals surface area contributed by atoms with Crippen molar-refractivity contribution in [2.45, 2.75) is 127 Å². The van der Waals surface area contributed by atoms with Crippen molar-refractivity contribution in [2.24, 2.45) is 5.92 Å². The van der Waals surface area contributed by atoms with Crippen LogP contribution in [0.15, 0.2) is 94.5 Å². The summed E-state index contributed by atoms with van der Waals surface area (Å²) in [7, 11) is 0. The molecule has 14 heteroatoms. The number of aromatic amines is 2. The van der Waals surface area contributed by atoms with Crippen LogP contribution >= 0.6 is 0 Å². The van der Waals surface area contributed by atoms with E-state index in [1.807, 2.05) is 18.2 Å². The number of aromatic carboxylic acids is 1. The van der Waals surface area contributed by atoms with E-state index in [0.717, 1.165) is 68.6 Å². The van der Waals surface area contributed by atoms with Crippen molar-refractivity contribution >= 4 is 33.3 Å². The highest BCUT2D eigenvalue weighted by molar-refractivity contribution is 5.98. The molecule has 352 valence electrons. The number of halogens is 2. The van der Waals surface area contributed by atoms with E-state index in [-0.39, 0.29) is 46.5 Å². The minimum absolute atomic E-state index is 0.118. The lowest BCUT2D eigenvalue weighted by atomic mass is 9.82. The van der Waals surface area contributed by atoms with Gasteiger partial charge in [-0.15, -0.1) is 0 Å². The number of H-pyrrole nitrogens is 2. The second-order valence-electron chi connectivity index (χ2n) is 18.2. The van der Waals surface area contributed by atoms with Crippen molar-refractivity contribution in [3.05, 3.63) is 151 Å². The first-order valence-corrected chi connectivity index (χ1v) is 23.9. The molecule has 1 saturated heterocycles. The zero-order valence-corrected chi connectivity index (χ0v) is 37.7. The Kier molecular flexibility index (Phi) is 16.1. The van der Waals surface area contributed by atoms with Crippen molar-refractivity contribution in [2.75, 3.05) is 13.1 Å². The fourth-order valence-electron chi connectivity index (χ4n) is 9.92. The van der Waals surface area contributed by atoms with Crippen LogP contribution in [0.3, 0.4) is 0 Å². The van der Waals surface area contributed by atoms with Crippen LogP contribution in [0.4, 0.5) is 8.78 Å². The molecule has 0 bridgehead atoms. The summed E-state index contributed by atoms with van der Waals surface area (Å²) in [6.07, 6.45) is 18.3. The molecule has 3 aliphatic carbocycles. The molecule has 0 radical (unpaired) electrons. The van der Waals surface area contributed by atoms with Crippen LogP contribution in [0.5, 0.6) is 0 Å². The zero-order chi connectivity index (χ0) is 46.7. The maximum Gasteiger partial charge on any atom is 0.338 e. The van der Waals surface area contributed by atoms with Crippen LogP contribution in [0, 0.1) is 17.6 Å². The van der Waals surface area contributed by atoms with Crippen molar-refractivity contribution in [3.8, 4) is 0 Å². The number of ether oxygens (including phenoxy) is 2. The fraction of sp³-hybridized carbons (Fsp3) is 0.434. The number of carboxylic acids is 1. The number of benzene rings is 4. The smallest absolute Gasteiger partial charge is 0.338 e. The van der Waals surface area contributed by atoms with Gasteiger partial charge >= 0.3 is 5.97 Å². The highest BCUT2D eigenvalue weighted by Gasteiger charge is 2.31. The van der Waals surface area contributed by atoms with Gasteiger partial charge < -0.3 is 19.9 Å². The second kappa shape index (κ2) is 22.7. The summed E-state index contributed by atoms with van der Waals surface area (Å²) < 4.78 is 40.3. The number of hydrogen-bond acceptors (Lipinski definition) is 9. The summed E-state index contributed by atoms with van der Waals surface area (Å²) in [6.45, 7) is 2.30. The molecule has 12 nitrogen and oxygen atoms in total. The molecule has 0 amide bonds. The molecule has 1 aliphatic heterocycles. The zero-order valence-electron chi connectivity index (χ0n) is 37.7. The number of aromatic nitrogens is 4. The highest BCUT2D eigenvalue weighted by Crippen LogP contribution is 2.33. The SMILES string of the molecule is C1CCC(OC2CCNCC2)C1.O=C(O)c1cc(Cc2n[nH]c(=O)c3ccccc23)ccc1F.O=C(c1cc(Cc2n[nH]c(=O)c3ccccc23)ccc1F)C1CCC(OC2CCCC2)CC1. The second-order valence-corrected chi connectivity index (χ2v) is 18.2. The number of hydrogen-bond donors (Lipinski definition) is 4. The molecule has 4 N–H and O–H groups in total. The Morgan fingerprint density at radius 1 is 0.552 bits per heavy atom. The maximum atomic E-state index is 14.7. The average molecular weight is 916 g/mol. The normalized spacial score (nSPS) is 19.1. The Hall–Kier alpha value is -5.96. The van der Waals surface area contributed by atoms with Crippen molar-refractivity contribution in [1.29, 1.82) is 0 Å². The molecule has 0 spiro atoms. The Morgan fingerprint density at radius 2 is 0.970 bits per heavy atom. The standard InChI is InChI=1S/C27H29FN2O3.C16H11FN2O3.C10H19NO/c28-24-14-9-17(16-25-21-7-3-4-8-22(21)27(32)30-29-25)15-23(24)26(31)18-10-12-20(13-11-18)33-19-5-1-2-6-19;17-13-6-5-9(7-12(13)16(21)22)8-14-10-3-1-2-4-11(10)15(20)19-18-14;1-2-4-9(3-1)12-10-5-7-11-8-6-10/h3-4,7-9,14-15,18-20H,1-2,5-6,10-13,16H2,(H,30,32);1-7H,8H2,(H,19,20)(H,21,22);9-11H,1-8H2. The molecule has 0 atom stereocenters. The van der Waals surface area contributed by atoms with E-state index in [0.29, 0.717) is 57.8 Å². The third kappa shape index (κ3) is 12.3. The number of nitrogens with one attached hydrogen (secondary N) is 3. The van der Waals surface area contributed by atoms with Gasteiger partial charge in [-0.25, -0.2) is 23.8 Å².